The van der Waals surface area contributed by atoms with Crippen LogP contribution in [0.1, 0.15) is 18.2 Å². The van der Waals surface area contributed by atoms with Gasteiger partial charge in [-0.1, -0.05) is 0 Å². The predicted molar refractivity (Wildman–Crippen MR) is 101 cm³/mol. The molecule has 0 saturated heterocycles. The van der Waals surface area contributed by atoms with Crippen molar-refractivity contribution in [2.24, 2.45) is 15.7 Å². The van der Waals surface area contributed by atoms with Gasteiger partial charge in [0.05, 0.1) is 30.3 Å². The number of ether oxygens (including phenoxy) is 1. The summed E-state index contributed by atoms with van der Waals surface area (Å²) in [6, 6.07) is 6.65. The van der Waals surface area contributed by atoms with Gasteiger partial charge in [0, 0.05) is 11.5 Å². The number of aryl methyl sites for hydroxylation is 1. The van der Waals surface area contributed by atoms with E-state index in [2.05, 4.69) is 20.0 Å². The third kappa shape index (κ3) is 3.76. The van der Waals surface area contributed by atoms with Crippen LogP contribution in [0.5, 0.6) is 11.5 Å². The van der Waals surface area contributed by atoms with Crippen LogP contribution in [0, 0.1) is 6.92 Å². The molecule has 0 amide bonds. The molecule has 0 atom stereocenters. The van der Waals surface area contributed by atoms with Crippen molar-refractivity contribution >= 4 is 28.5 Å². The molecular weight excluding hydrogens is 350 g/mol. The number of aliphatic imine (C=N–C) groups is 2. The number of fused-ring (bicyclic) bond motifs is 1. The number of rotatable bonds is 3. The fraction of sp³-hybridized carbons (Fsp3) is 0.167. The van der Waals surface area contributed by atoms with Gasteiger partial charge in [0.1, 0.15) is 17.1 Å². The standard InChI is InChI=1S/C18H17N5O4/c1-9-12-8-11(26-3)4-5-13(12)22-18(21-9)23-17(19)20-10(2)15-14(24)6-7-27-16(15)25/h4-8,24H,1-3H3,(H2,19,21,22,23). The number of aromatic nitrogens is 2. The summed E-state index contributed by atoms with van der Waals surface area (Å²) in [6.07, 6.45) is 1.09. The Morgan fingerprint density at radius 1 is 1.30 bits per heavy atom. The lowest BCUT2D eigenvalue weighted by molar-refractivity contribution is 0.415. The highest BCUT2D eigenvalue weighted by Crippen LogP contribution is 2.23. The van der Waals surface area contributed by atoms with Gasteiger partial charge in [-0.2, -0.15) is 4.99 Å². The van der Waals surface area contributed by atoms with Crippen LogP contribution in [0.4, 0.5) is 5.95 Å². The first-order valence-electron chi connectivity index (χ1n) is 7.92. The Kier molecular flexibility index (Phi) is 4.84. The number of benzene rings is 1. The Bertz CT molecular complexity index is 1130. The van der Waals surface area contributed by atoms with E-state index in [9.17, 15) is 9.90 Å². The zero-order chi connectivity index (χ0) is 19.6. The molecule has 0 saturated carbocycles. The normalized spacial score (nSPS) is 12.4. The maximum absolute atomic E-state index is 11.7. The van der Waals surface area contributed by atoms with E-state index in [0.29, 0.717) is 17.0 Å². The monoisotopic (exact) mass is 367 g/mol. The van der Waals surface area contributed by atoms with Crippen molar-refractivity contribution in [2.45, 2.75) is 13.8 Å². The van der Waals surface area contributed by atoms with E-state index in [4.69, 9.17) is 14.9 Å². The maximum Gasteiger partial charge on any atom is 0.348 e. The van der Waals surface area contributed by atoms with E-state index in [1.165, 1.54) is 13.0 Å². The van der Waals surface area contributed by atoms with Crippen LogP contribution < -0.4 is 16.1 Å². The Balaban J connectivity index is 1.99. The molecule has 0 aliphatic carbocycles. The highest BCUT2D eigenvalue weighted by molar-refractivity contribution is 6.06. The summed E-state index contributed by atoms with van der Waals surface area (Å²) < 4.78 is 9.93. The topological polar surface area (TPSA) is 136 Å². The van der Waals surface area contributed by atoms with Crippen LogP contribution in [0.2, 0.25) is 0 Å². The largest absolute Gasteiger partial charge is 0.507 e. The van der Waals surface area contributed by atoms with E-state index in [1.54, 1.807) is 19.2 Å². The second-order valence-corrected chi connectivity index (χ2v) is 5.63. The molecule has 0 spiro atoms. The van der Waals surface area contributed by atoms with E-state index in [1.807, 2.05) is 13.0 Å². The molecule has 9 nitrogen and oxygen atoms in total. The van der Waals surface area contributed by atoms with Crippen LogP contribution in [-0.2, 0) is 0 Å². The minimum absolute atomic E-state index is 0.0849. The second-order valence-electron chi connectivity index (χ2n) is 5.63. The highest BCUT2D eigenvalue weighted by atomic mass is 16.5. The van der Waals surface area contributed by atoms with Gasteiger partial charge >= 0.3 is 5.63 Å². The molecule has 1 aromatic carbocycles. The molecule has 2 aromatic heterocycles. The summed E-state index contributed by atoms with van der Waals surface area (Å²) in [7, 11) is 1.59. The van der Waals surface area contributed by atoms with E-state index < -0.39 is 5.63 Å². The van der Waals surface area contributed by atoms with Crippen molar-refractivity contribution in [3.63, 3.8) is 0 Å². The minimum Gasteiger partial charge on any atom is -0.507 e. The number of guanidine groups is 1. The molecule has 0 radical (unpaired) electrons. The molecular formula is C18H17N5O4. The number of nitrogens with two attached hydrogens (primary N) is 1. The van der Waals surface area contributed by atoms with Gasteiger partial charge in [-0.15, -0.1) is 0 Å². The van der Waals surface area contributed by atoms with Gasteiger partial charge < -0.3 is 20.0 Å². The van der Waals surface area contributed by atoms with Crippen molar-refractivity contribution in [3.05, 3.63) is 52.2 Å². The van der Waals surface area contributed by atoms with Crippen LogP contribution in [0.25, 0.3) is 10.9 Å². The number of hydrogen-bond donors (Lipinski definition) is 2. The van der Waals surface area contributed by atoms with E-state index in [-0.39, 0.29) is 28.9 Å². The van der Waals surface area contributed by atoms with Crippen LogP contribution in [0.3, 0.4) is 0 Å². The van der Waals surface area contributed by atoms with E-state index >= 15 is 0 Å². The van der Waals surface area contributed by atoms with Crippen molar-refractivity contribution in [1.82, 2.24) is 9.97 Å². The molecule has 0 aliphatic rings. The summed E-state index contributed by atoms with van der Waals surface area (Å²) in [6.45, 7) is 3.33. The zero-order valence-electron chi connectivity index (χ0n) is 14.9. The molecule has 0 unspecified atom stereocenters. The predicted octanol–water partition coefficient (Wildman–Crippen LogP) is 2.06. The number of methoxy groups -OCH3 is 1. The van der Waals surface area contributed by atoms with Gasteiger partial charge in [0.2, 0.25) is 5.96 Å². The molecule has 0 aliphatic heterocycles. The first-order valence-corrected chi connectivity index (χ1v) is 7.92. The lowest BCUT2D eigenvalue weighted by Gasteiger charge is -2.05. The Morgan fingerprint density at radius 2 is 2.07 bits per heavy atom. The van der Waals surface area contributed by atoms with Crippen LogP contribution in [0.15, 0.2) is 49.7 Å². The summed E-state index contributed by atoms with van der Waals surface area (Å²) in [5, 5.41) is 10.6. The van der Waals surface area contributed by atoms with Crippen LogP contribution in [-0.4, -0.2) is 33.9 Å². The second kappa shape index (κ2) is 7.24. The lowest BCUT2D eigenvalue weighted by atomic mass is 10.2. The first kappa shape index (κ1) is 18.1. The van der Waals surface area contributed by atoms with Gasteiger partial charge in [-0.05, 0) is 32.0 Å². The summed E-state index contributed by atoms with van der Waals surface area (Å²) in [5.41, 5.74) is 6.56. The summed E-state index contributed by atoms with van der Waals surface area (Å²) >= 11 is 0. The number of nitrogens with zero attached hydrogens (tertiary/aromatic N) is 4. The lowest BCUT2D eigenvalue weighted by Crippen LogP contribution is -2.16. The molecule has 3 N–H and O–H groups in total. The molecule has 0 fully saturated rings. The Morgan fingerprint density at radius 3 is 2.78 bits per heavy atom. The van der Waals surface area contributed by atoms with Gasteiger partial charge in [0.15, 0.2) is 0 Å². The molecule has 3 rings (SSSR count). The summed E-state index contributed by atoms with van der Waals surface area (Å²) in [5.74, 6) is 0.407. The van der Waals surface area contributed by atoms with Crippen molar-refractivity contribution in [3.8, 4) is 11.5 Å². The third-order valence-electron chi connectivity index (χ3n) is 3.80. The molecule has 9 heteroatoms. The molecule has 27 heavy (non-hydrogen) atoms. The fourth-order valence-electron chi connectivity index (χ4n) is 2.52. The quantitative estimate of drug-likeness (QED) is 0.534. The third-order valence-corrected chi connectivity index (χ3v) is 3.80. The molecule has 2 heterocycles. The zero-order valence-corrected chi connectivity index (χ0v) is 14.9. The van der Waals surface area contributed by atoms with Crippen molar-refractivity contribution < 1.29 is 14.3 Å². The van der Waals surface area contributed by atoms with Gasteiger partial charge in [0.25, 0.3) is 5.95 Å². The molecule has 138 valence electrons. The Labute approximate surface area is 153 Å². The van der Waals surface area contributed by atoms with Crippen molar-refractivity contribution in [1.29, 1.82) is 0 Å². The van der Waals surface area contributed by atoms with Gasteiger partial charge in [-0.25, -0.2) is 19.8 Å². The van der Waals surface area contributed by atoms with E-state index in [0.717, 1.165) is 11.6 Å². The minimum atomic E-state index is -0.726. The molecule has 3 aromatic rings. The van der Waals surface area contributed by atoms with Crippen LogP contribution >= 0.6 is 0 Å². The SMILES string of the molecule is COc1ccc2nc(N=C(N)N=C(C)c3c(O)ccoc3=O)nc(C)c2c1. The maximum atomic E-state index is 11.7. The molecule has 0 bridgehead atoms. The average Bonchev–Trinajstić information content (AvgIpc) is 2.61. The summed E-state index contributed by atoms with van der Waals surface area (Å²) in [4.78, 5) is 28.5. The first-order chi connectivity index (χ1) is 12.9. The smallest absolute Gasteiger partial charge is 0.348 e. The average molecular weight is 367 g/mol. The van der Waals surface area contributed by atoms with Crippen molar-refractivity contribution in [2.75, 3.05) is 7.11 Å². The highest BCUT2D eigenvalue weighted by Gasteiger charge is 2.12. The Hall–Kier alpha value is -3.75. The fourth-order valence-corrected chi connectivity index (χ4v) is 2.52. The van der Waals surface area contributed by atoms with Gasteiger partial charge in [-0.3, -0.25) is 0 Å². The number of aromatic hydroxyl groups is 1. The number of hydrogen-bond acceptors (Lipinski definition) is 7.